The summed E-state index contributed by atoms with van der Waals surface area (Å²) in [6, 6.07) is 23.5. The van der Waals surface area contributed by atoms with Crippen molar-refractivity contribution in [3.8, 4) is 5.75 Å². The molecule has 0 fully saturated rings. The number of rotatable bonds is 5. The van der Waals surface area contributed by atoms with Crippen molar-refractivity contribution in [2.45, 2.75) is 17.0 Å². The molecule has 0 saturated carbocycles. The highest BCUT2D eigenvalue weighted by atomic mass is 35.5. The van der Waals surface area contributed by atoms with Crippen LogP contribution in [0.3, 0.4) is 0 Å². The molecule has 0 bridgehead atoms. The monoisotopic (exact) mass is 526 g/mol. The van der Waals surface area contributed by atoms with E-state index >= 15 is 0 Å². The third-order valence-electron chi connectivity index (χ3n) is 6.06. The van der Waals surface area contributed by atoms with Crippen LogP contribution >= 0.6 is 23.2 Å². The Morgan fingerprint density at radius 1 is 0.743 bits per heavy atom. The minimum Gasteiger partial charge on any atom is -0.497 e. The molecule has 0 amide bonds. The Kier molecular flexibility index (Phi) is 6.09. The zero-order valence-electron chi connectivity index (χ0n) is 18.5. The summed E-state index contributed by atoms with van der Waals surface area (Å²) in [5.41, 5.74) is 1.12. The molecule has 178 valence electrons. The van der Waals surface area contributed by atoms with Crippen molar-refractivity contribution >= 4 is 39.0 Å². The van der Waals surface area contributed by atoms with Gasteiger partial charge in [-0.3, -0.25) is 9.36 Å². The summed E-state index contributed by atoms with van der Waals surface area (Å²) in [6.07, 6.45) is 0. The summed E-state index contributed by atoms with van der Waals surface area (Å²) in [7, 11) is -2.58. The van der Waals surface area contributed by atoms with Crippen molar-refractivity contribution < 1.29 is 13.2 Å². The molecule has 4 aromatic rings. The van der Waals surface area contributed by atoms with E-state index in [1.165, 1.54) is 34.2 Å². The van der Waals surface area contributed by atoms with E-state index in [1.807, 2.05) is 12.1 Å². The van der Waals surface area contributed by atoms with Crippen LogP contribution in [0.5, 0.6) is 5.75 Å². The van der Waals surface area contributed by atoms with Crippen LogP contribution in [0.2, 0.25) is 10.0 Å². The predicted octanol–water partition coefficient (Wildman–Crippen LogP) is 5.70. The molecule has 35 heavy (non-hydrogen) atoms. The van der Waals surface area contributed by atoms with Crippen LogP contribution in [0.4, 0.5) is 5.82 Å². The highest BCUT2D eigenvalue weighted by molar-refractivity contribution is 7.92. The van der Waals surface area contributed by atoms with E-state index < -0.39 is 22.1 Å². The molecule has 2 heterocycles. The molecule has 6 nitrogen and oxygen atoms in total. The lowest BCUT2D eigenvalue weighted by molar-refractivity contribution is 0.414. The lowest BCUT2D eigenvalue weighted by Crippen LogP contribution is -2.33. The van der Waals surface area contributed by atoms with Crippen LogP contribution in [0.15, 0.2) is 101 Å². The van der Waals surface area contributed by atoms with Crippen molar-refractivity contribution in [1.82, 2.24) is 4.57 Å². The van der Waals surface area contributed by atoms with Crippen LogP contribution in [0.25, 0.3) is 0 Å². The second-order valence-electron chi connectivity index (χ2n) is 8.06. The Morgan fingerprint density at radius 2 is 1.29 bits per heavy atom. The van der Waals surface area contributed by atoms with Gasteiger partial charge in [-0.05, 0) is 65.7 Å². The number of hydrogen-bond acceptors (Lipinski definition) is 4. The fraction of sp³-hybridized carbons (Fsp3) is 0.115. The predicted molar refractivity (Wildman–Crippen MR) is 137 cm³/mol. The van der Waals surface area contributed by atoms with Gasteiger partial charge in [-0.2, -0.15) is 0 Å². The van der Waals surface area contributed by atoms with Gasteiger partial charge in [-0.15, -0.1) is 0 Å². The number of halogens is 2. The van der Waals surface area contributed by atoms with Gasteiger partial charge in [-0.1, -0.05) is 53.5 Å². The largest absolute Gasteiger partial charge is 0.497 e. The minimum atomic E-state index is -4.09. The smallest absolute Gasteiger partial charge is 0.266 e. The van der Waals surface area contributed by atoms with Gasteiger partial charge in [0.25, 0.3) is 15.6 Å². The third kappa shape index (κ3) is 4.10. The molecule has 1 aromatic heterocycles. The van der Waals surface area contributed by atoms with Gasteiger partial charge in [0.2, 0.25) is 0 Å². The van der Waals surface area contributed by atoms with E-state index in [-0.39, 0.29) is 16.3 Å². The molecule has 3 aromatic carbocycles. The molecule has 1 aliphatic rings. The van der Waals surface area contributed by atoms with Crippen LogP contribution < -0.4 is 14.6 Å². The van der Waals surface area contributed by atoms with Gasteiger partial charge in [0.15, 0.2) is 0 Å². The first-order valence-corrected chi connectivity index (χ1v) is 12.9. The van der Waals surface area contributed by atoms with Gasteiger partial charge < -0.3 is 4.74 Å². The van der Waals surface area contributed by atoms with Gasteiger partial charge in [0, 0.05) is 16.1 Å². The van der Waals surface area contributed by atoms with E-state index in [9.17, 15) is 13.2 Å². The third-order valence-corrected chi connectivity index (χ3v) is 8.37. The molecule has 0 radical (unpaired) electrons. The number of aromatic nitrogens is 1. The van der Waals surface area contributed by atoms with Gasteiger partial charge in [0.05, 0.1) is 24.1 Å². The zero-order chi connectivity index (χ0) is 24.7. The Labute approximate surface area is 213 Å². The SMILES string of the molecule is COc1ccc(S(=O)(=O)N2c3cccc(=O)n3C(c3ccc(Cl)cc3)C2c2ccc(Cl)cc2)cc1. The number of ether oxygens (including phenoxy) is 1. The molecule has 2 unspecified atom stereocenters. The number of methoxy groups -OCH3 is 1. The maximum atomic E-state index is 14.1. The second kappa shape index (κ2) is 9.07. The first-order chi connectivity index (χ1) is 16.8. The highest BCUT2D eigenvalue weighted by Gasteiger charge is 2.47. The van der Waals surface area contributed by atoms with E-state index in [4.69, 9.17) is 27.9 Å². The topological polar surface area (TPSA) is 68.6 Å². The van der Waals surface area contributed by atoms with Gasteiger partial charge >= 0.3 is 0 Å². The van der Waals surface area contributed by atoms with Crippen molar-refractivity contribution in [2.24, 2.45) is 0 Å². The Morgan fingerprint density at radius 3 is 1.83 bits per heavy atom. The summed E-state index contributed by atoms with van der Waals surface area (Å²) in [4.78, 5) is 13.2. The van der Waals surface area contributed by atoms with Crippen LogP contribution in [-0.4, -0.2) is 20.1 Å². The number of pyridine rings is 1. The highest BCUT2D eigenvalue weighted by Crippen LogP contribution is 2.49. The first-order valence-electron chi connectivity index (χ1n) is 10.7. The summed E-state index contributed by atoms with van der Waals surface area (Å²) in [5, 5.41) is 1.06. The molecule has 0 N–H and O–H groups in total. The van der Waals surface area contributed by atoms with Crippen LogP contribution in [-0.2, 0) is 10.0 Å². The van der Waals surface area contributed by atoms with E-state index in [2.05, 4.69) is 0 Å². The Hall–Kier alpha value is -3.26. The molecule has 9 heteroatoms. The van der Waals surface area contributed by atoms with Crippen molar-refractivity contribution in [1.29, 1.82) is 0 Å². The molecule has 1 aliphatic heterocycles. The average molecular weight is 527 g/mol. The summed E-state index contributed by atoms with van der Waals surface area (Å²) < 4.78 is 36.2. The quantitative estimate of drug-likeness (QED) is 0.334. The van der Waals surface area contributed by atoms with Gasteiger partial charge in [0.1, 0.15) is 11.6 Å². The van der Waals surface area contributed by atoms with Crippen molar-refractivity contribution in [2.75, 3.05) is 11.4 Å². The standard InChI is InChI=1S/C26H20Cl2N2O4S/c1-34-21-13-15-22(16-14-21)35(32,33)30-23-3-2-4-24(31)29(23)25(17-5-9-19(27)10-6-17)26(30)18-7-11-20(28)12-8-18/h2-16,25-26H,1H3. The molecule has 2 atom stereocenters. The minimum absolute atomic E-state index is 0.0804. The normalized spacial score (nSPS) is 17.3. The second-order valence-corrected chi connectivity index (χ2v) is 10.7. The summed E-state index contributed by atoms with van der Waals surface area (Å²) in [5.74, 6) is 0.809. The molecular weight excluding hydrogens is 507 g/mol. The molecule has 5 rings (SSSR count). The van der Waals surface area contributed by atoms with Crippen molar-refractivity contribution in [3.63, 3.8) is 0 Å². The fourth-order valence-electron chi connectivity index (χ4n) is 4.46. The Bertz CT molecular complexity index is 1530. The molecule has 0 saturated heterocycles. The molecule has 0 spiro atoms. The van der Waals surface area contributed by atoms with Crippen LogP contribution in [0.1, 0.15) is 23.2 Å². The lowest BCUT2D eigenvalue weighted by Gasteiger charge is -2.29. The number of sulfonamides is 1. The van der Waals surface area contributed by atoms with Crippen LogP contribution in [0, 0.1) is 0 Å². The Balaban J connectivity index is 1.78. The number of hydrogen-bond donors (Lipinski definition) is 0. The van der Waals surface area contributed by atoms with Crippen molar-refractivity contribution in [3.05, 3.63) is 123 Å². The number of nitrogens with zero attached hydrogens (tertiary/aromatic N) is 2. The zero-order valence-corrected chi connectivity index (χ0v) is 20.8. The summed E-state index contributed by atoms with van der Waals surface area (Å²) >= 11 is 12.3. The molecule has 0 aliphatic carbocycles. The number of benzene rings is 3. The molecular formula is C26H20Cl2N2O4S. The number of fused-ring (bicyclic) bond motifs is 1. The van der Waals surface area contributed by atoms with E-state index in [1.54, 1.807) is 60.7 Å². The lowest BCUT2D eigenvalue weighted by atomic mass is 9.94. The maximum Gasteiger partial charge on any atom is 0.266 e. The first kappa shape index (κ1) is 23.5. The average Bonchev–Trinajstić information content (AvgIpc) is 3.22. The van der Waals surface area contributed by atoms with Gasteiger partial charge in [-0.25, -0.2) is 12.7 Å². The maximum absolute atomic E-state index is 14.1. The number of anilines is 1. The summed E-state index contributed by atoms with van der Waals surface area (Å²) in [6.45, 7) is 0. The van der Waals surface area contributed by atoms with E-state index in [0.29, 0.717) is 21.4 Å². The van der Waals surface area contributed by atoms with E-state index in [0.717, 1.165) is 5.56 Å². The fourth-order valence-corrected chi connectivity index (χ4v) is 6.35.